The predicted octanol–water partition coefficient (Wildman–Crippen LogP) is 2.40. The molecule has 1 rings (SSSR count). The van der Waals surface area contributed by atoms with Crippen LogP contribution in [0.1, 0.15) is 39.5 Å². The van der Waals surface area contributed by atoms with Crippen molar-refractivity contribution in [3.8, 4) is 0 Å². The average molecular weight is 140 g/mol. The molecule has 1 fully saturated rings. The van der Waals surface area contributed by atoms with E-state index in [0.717, 1.165) is 18.8 Å². The summed E-state index contributed by atoms with van der Waals surface area (Å²) in [4.78, 5) is 10.9. The van der Waals surface area contributed by atoms with Crippen molar-refractivity contribution in [3.05, 3.63) is 0 Å². The van der Waals surface area contributed by atoms with Gasteiger partial charge in [0.15, 0.2) is 0 Å². The lowest BCUT2D eigenvalue weighted by molar-refractivity contribution is -0.122. The molecule has 2 atom stereocenters. The maximum absolute atomic E-state index is 10.9. The van der Waals surface area contributed by atoms with Crippen LogP contribution in [0.3, 0.4) is 0 Å². The van der Waals surface area contributed by atoms with Crippen LogP contribution in [-0.2, 0) is 4.79 Å². The number of rotatable bonds is 1. The van der Waals surface area contributed by atoms with Gasteiger partial charge in [0.1, 0.15) is 5.78 Å². The van der Waals surface area contributed by atoms with Crippen LogP contribution in [0, 0.1) is 11.8 Å². The van der Waals surface area contributed by atoms with Gasteiger partial charge in [-0.1, -0.05) is 19.8 Å². The van der Waals surface area contributed by atoms with Gasteiger partial charge in [0.2, 0.25) is 0 Å². The first-order valence-corrected chi connectivity index (χ1v) is 4.20. The molecule has 0 bridgehead atoms. The molecule has 0 aliphatic heterocycles. The Morgan fingerprint density at radius 2 is 2.10 bits per heavy atom. The summed E-state index contributed by atoms with van der Waals surface area (Å²) in [5.41, 5.74) is 0. The molecule has 1 aliphatic carbocycles. The molecule has 1 heteroatoms. The summed E-state index contributed by atoms with van der Waals surface area (Å²) < 4.78 is 0. The van der Waals surface area contributed by atoms with Crippen molar-refractivity contribution < 1.29 is 4.79 Å². The zero-order chi connectivity index (χ0) is 7.56. The Kier molecular flexibility index (Phi) is 2.47. The zero-order valence-corrected chi connectivity index (χ0v) is 6.89. The maximum atomic E-state index is 10.9. The number of carbonyl (C=O) groups is 1. The molecule has 0 N–H and O–H groups in total. The SMILES string of the molecule is CC(=O)[C@@H]1CCCC(C)C1. The van der Waals surface area contributed by atoms with Gasteiger partial charge in [-0.2, -0.15) is 0 Å². The predicted molar refractivity (Wildman–Crippen MR) is 41.8 cm³/mol. The molecule has 0 aromatic rings. The van der Waals surface area contributed by atoms with Crippen molar-refractivity contribution in [2.24, 2.45) is 11.8 Å². The molecule has 0 amide bonds. The molecule has 1 nitrogen and oxygen atoms in total. The zero-order valence-electron chi connectivity index (χ0n) is 6.89. The first-order valence-electron chi connectivity index (χ1n) is 4.20. The van der Waals surface area contributed by atoms with Crippen LogP contribution in [0.4, 0.5) is 0 Å². The van der Waals surface area contributed by atoms with Crippen molar-refractivity contribution in [1.29, 1.82) is 0 Å². The first-order chi connectivity index (χ1) is 4.70. The minimum atomic E-state index is 0.392. The Labute approximate surface area is 62.8 Å². The summed E-state index contributed by atoms with van der Waals surface area (Å²) in [5.74, 6) is 1.57. The summed E-state index contributed by atoms with van der Waals surface area (Å²) in [6, 6.07) is 0. The fourth-order valence-electron chi connectivity index (χ4n) is 1.80. The normalized spacial score (nSPS) is 33.8. The molecule has 0 radical (unpaired) electrons. The van der Waals surface area contributed by atoms with E-state index in [1.165, 1.54) is 12.8 Å². The third kappa shape index (κ3) is 1.83. The molecule has 0 aromatic carbocycles. The fraction of sp³-hybridized carbons (Fsp3) is 0.889. The van der Waals surface area contributed by atoms with Gasteiger partial charge in [-0.3, -0.25) is 4.79 Å². The molecule has 0 saturated heterocycles. The molecule has 1 saturated carbocycles. The summed E-state index contributed by atoms with van der Waals surface area (Å²) in [5, 5.41) is 0. The van der Waals surface area contributed by atoms with Gasteiger partial charge in [0.05, 0.1) is 0 Å². The van der Waals surface area contributed by atoms with Gasteiger partial charge in [0.25, 0.3) is 0 Å². The number of carbonyl (C=O) groups excluding carboxylic acids is 1. The lowest BCUT2D eigenvalue weighted by atomic mass is 9.81. The van der Waals surface area contributed by atoms with E-state index in [0.29, 0.717) is 11.7 Å². The van der Waals surface area contributed by atoms with Crippen molar-refractivity contribution in [2.45, 2.75) is 39.5 Å². The lowest BCUT2D eigenvalue weighted by Crippen LogP contribution is -2.19. The molecular weight excluding hydrogens is 124 g/mol. The largest absolute Gasteiger partial charge is 0.300 e. The Morgan fingerprint density at radius 3 is 2.50 bits per heavy atom. The standard InChI is InChI=1S/C9H16O/c1-7-4-3-5-9(6-7)8(2)10/h7,9H,3-6H2,1-2H3/t7?,9-/m1/s1. The highest BCUT2D eigenvalue weighted by Gasteiger charge is 2.21. The van der Waals surface area contributed by atoms with Crippen LogP contribution in [0.5, 0.6) is 0 Å². The minimum Gasteiger partial charge on any atom is -0.300 e. The Hall–Kier alpha value is -0.330. The second-order valence-electron chi connectivity index (χ2n) is 3.58. The van der Waals surface area contributed by atoms with Gasteiger partial charge in [-0.05, 0) is 25.7 Å². The van der Waals surface area contributed by atoms with E-state index < -0.39 is 0 Å². The number of ketones is 1. The highest BCUT2D eigenvalue weighted by molar-refractivity contribution is 5.78. The van der Waals surface area contributed by atoms with E-state index >= 15 is 0 Å². The average Bonchev–Trinajstić information content (AvgIpc) is 1.88. The molecule has 1 unspecified atom stereocenters. The number of hydrogen-bond acceptors (Lipinski definition) is 1. The van der Waals surface area contributed by atoms with Gasteiger partial charge in [0, 0.05) is 5.92 Å². The van der Waals surface area contributed by atoms with Gasteiger partial charge in [-0.15, -0.1) is 0 Å². The topological polar surface area (TPSA) is 17.1 Å². The molecule has 1 aliphatic rings. The highest BCUT2D eigenvalue weighted by Crippen LogP contribution is 2.28. The van der Waals surface area contributed by atoms with E-state index in [4.69, 9.17) is 0 Å². The number of hydrogen-bond donors (Lipinski definition) is 0. The van der Waals surface area contributed by atoms with Crippen LogP contribution in [0.2, 0.25) is 0 Å². The summed E-state index contributed by atoms with van der Waals surface area (Å²) in [6.07, 6.45) is 4.85. The fourth-order valence-corrected chi connectivity index (χ4v) is 1.80. The van der Waals surface area contributed by atoms with Crippen molar-refractivity contribution in [2.75, 3.05) is 0 Å². The Bertz CT molecular complexity index is 129. The van der Waals surface area contributed by atoms with Crippen LogP contribution < -0.4 is 0 Å². The van der Waals surface area contributed by atoms with E-state index in [2.05, 4.69) is 6.92 Å². The van der Waals surface area contributed by atoms with Gasteiger partial charge < -0.3 is 0 Å². The molecule has 10 heavy (non-hydrogen) atoms. The summed E-state index contributed by atoms with van der Waals surface area (Å²) >= 11 is 0. The molecule has 0 heterocycles. The lowest BCUT2D eigenvalue weighted by Gasteiger charge is -2.24. The third-order valence-corrected chi connectivity index (χ3v) is 2.51. The van der Waals surface area contributed by atoms with Crippen LogP contribution in [0.25, 0.3) is 0 Å². The third-order valence-electron chi connectivity index (χ3n) is 2.51. The second-order valence-corrected chi connectivity index (χ2v) is 3.58. The monoisotopic (exact) mass is 140 g/mol. The molecule has 0 aromatic heterocycles. The van der Waals surface area contributed by atoms with Crippen LogP contribution >= 0.6 is 0 Å². The number of Topliss-reactive ketones (excluding diaryl/α,β-unsaturated/α-hetero) is 1. The van der Waals surface area contributed by atoms with Crippen LogP contribution in [0.15, 0.2) is 0 Å². The molecular formula is C9H16O. The van der Waals surface area contributed by atoms with E-state index in [1.807, 2.05) is 0 Å². The van der Waals surface area contributed by atoms with E-state index in [9.17, 15) is 4.79 Å². The Balaban J connectivity index is 2.39. The minimum absolute atomic E-state index is 0.392. The maximum Gasteiger partial charge on any atom is 0.132 e. The van der Waals surface area contributed by atoms with E-state index in [-0.39, 0.29) is 0 Å². The van der Waals surface area contributed by atoms with Crippen molar-refractivity contribution in [3.63, 3.8) is 0 Å². The smallest absolute Gasteiger partial charge is 0.132 e. The Morgan fingerprint density at radius 1 is 1.40 bits per heavy atom. The summed E-state index contributed by atoms with van der Waals surface area (Å²) in [6.45, 7) is 3.97. The first kappa shape index (κ1) is 7.77. The second kappa shape index (κ2) is 3.18. The quantitative estimate of drug-likeness (QED) is 0.546. The molecule has 58 valence electrons. The highest BCUT2D eigenvalue weighted by atomic mass is 16.1. The van der Waals surface area contributed by atoms with Gasteiger partial charge in [-0.25, -0.2) is 0 Å². The van der Waals surface area contributed by atoms with Crippen molar-refractivity contribution in [1.82, 2.24) is 0 Å². The van der Waals surface area contributed by atoms with Crippen molar-refractivity contribution >= 4 is 5.78 Å². The van der Waals surface area contributed by atoms with Gasteiger partial charge >= 0.3 is 0 Å². The van der Waals surface area contributed by atoms with E-state index in [1.54, 1.807) is 6.92 Å². The van der Waals surface area contributed by atoms with Crippen LogP contribution in [-0.4, -0.2) is 5.78 Å². The molecule has 0 spiro atoms. The summed E-state index contributed by atoms with van der Waals surface area (Å²) in [7, 11) is 0.